The number of aromatic amines is 1. The van der Waals surface area contributed by atoms with Crippen molar-refractivity contribution < 1.29 is 19.1 Å². The van der Waals surface area contributed by atoms with Crippen LogP contribution < -0.4 is 10.1 Å². The van der Waals surface area contributed by atoms with Crippen LogP contribution in [-0.2, 0) is 27.2 Å². The predicted octanol–water partition coefficient (Wildman–Crippen LogP) is 3.45. The van der Waals surface area contributed by atoms with E-state index >= 15 is 0 Å². The number of hydrogen-bond acceptors (Lipinski definition) is 4. The molecule has 8 nitrogen and oxygen atoms in total. The molecular weight excluding hydrogens is 527 g/mol. The van der Waals surface area contributed by atoms with Crippen LogP contribution in [0.3, 0.4) is 0 Å². The molecule has 0 spiro atoms. The van der Waals surface area contributed by atoms with E-state index in [4.69, 9.17) is 34.4 Å². The fourth-order valence-electron chi connectivity index (χ4n) is 4.59. The number of ether oxygens (including phenoxy) is 1. The number of rotatable bonds is 10. The van der Waals surface area contributed by atoms with Crippen LogP contribution in [0.15, 0.2) is 42.6 Å². The molecule has 3 amide bonds. The van der Waals surface area contributed by atoms with E-state index < -0.39 is 6.04 Å². The Morgan fingerprint density at radius 3 is 2.74 bits per heavy atom. The molecule has 1 aliphatic heterocycles. The van der Waals surface area contributed by atoms with E-state index in [2.05, 4.69) is 16.2 Å². The average molecular weight is 555 g/mol. The Bertz CT molecular complexity index is 1400. The molecule has 1 unspecified atom stereocenters. The quantitative estimate of drug-likeness (QED) is 0.375. The summed E-state index contributed by atoms with van der Waals surface area (Å²) < 4.78 is 5.31. The summed E-state index contributed by atoms with van der Waals surface area (Å²) >= 11 is 12.2. The van der Waals surface area contributed by atoms with Gasteiger partial charge in [-0.15, -0.1) is 6.42 Å². The van der Waals surface area contributed by atoms with Gasteiger partial charge in [0.15, 0.2) is 0 Å². The van der Waals surface area contributed by atoms with Gasteiger partial charge < -0.3 is 24.8 Å². The highest BCUT2D eigenvalue weighted by Crippen LogP contribution is 2.24. The van der Waals surface area contributed by atoms with Crippen molar-refractivity contribution in [1.29, 1.82) is 0 Å². The summed E-state index contributed by atoms with van der Waals surface area (Å²) in [6, 6.07) is 9.94. The Hall–Kier alpha value is -3.67. The lowest BCUT2D eigenvalue weighted by molar-refractivity contribution is -0.156. The first-order chi connectivity index (χ1) is 18.3. The third-order valence-corrected chi connectivity index (χ3v) is 7.20. The van der Waals surface area contributed by atoms with Gasteiger partial charge >= 0.3 is 0 Å². The summed E-state index contributed by atoms with van der Waals surface area (Å²) in [6.07, 6.45) is 8.20. The van der Waals surface area contributed by atoms with Gasteiger partial charge in [0.25, 0.3) is 0 Å². The maximum absolute atomic E-state index is 13.3. The molecule has 2 heterocycles. The molecule has 2 N–H and O–H groups in total. The first-order valence-electron chi connectivity index (χ1n) is 12.2. The van der Waals surface area contributed by atoms with Crippen molar-refractivity contribution in [3.8, 4) is 18.1 Å². The van der Waals surface area contributed by atoms with Gasteiger partial charge in [0.2, 0.25) is 17.7 Å². The number of terminal acetylenes is 1. The second-order valence-corrected chi connectivity index (χ2v) is 9.86. The zero-order valence-electron chi connectivity index (χ0n) is 20.9. The zero-order chi connectivity index (χ0) is 27.2. The highest BCUT2D eigenvalue weighted by molar-refractivity contribution is 6.35. The number of aromatic nitrogens is 1. The first kappa shape index (κ1) is 27.4. The molecule has 1 aliphatic rings. The van der Waals surface area contributed by atoms with Crippen molar-refractivity contribution >= 4 is 51.8 Å². The van der Waals surface area contributed by atoms with Gasteiger partial charge in [0, 0.05) is 40.2 Å². The standard InChI is InChI=1S/C28H28Cl2N4O4/c1-3-11-34-25(28(37)33(17-27(34)36)12-9-18-4-5-20(29)13-23(18)30)15-26(35)31-10-8-19-16-32-24-7-6-21(38-2)14-22(19)24/h1,4-7,13-14,16,25,32H,8-12,15,17H2,2H3,(H,31,35). The van der Waals surface area contributed by atoms with E-state index in [0.29, 0.717) is 29.4 Å². The molecule has 1 aromatic heterocycles. The second kappa shape index (κ2) is 12.2. The minimum Gasteiger partial charge on any atom is -0.497 e. The van der Waals surface area contributed by atoms with E-state index in [1.165, 1.54) is 9.80 Å². The summed E-state index contributed by atoms with van der Waals surface area (Å²) in [4.78, 5) is 45.0. The fourth-order valence-corrected chi connectivity index (χ4v) is 5.09. The second-order valence-electron chi connectivity index (χ2n) is 9.02. The smallest absolute Gasteiger partial charge is 0.246 e. The largest absolute Gasteiger partial charge is 0.497 e. The molecule has 10 heteroatoms. The van der Waals surface area contributed by atoms with Crippen molar-refractivity contribution in [3.05, 3.63) is 63.8 Å². The maximum atomic E-state index is 13.3. The summed E-state index contributed by atoms with van der Waals surface area (Å²) in [5.74, 6) is 2.23. The van der Waals surface area contributed by atoms with Crippen LogP contribution in [0, 0.1) is 12.3 Å². The first-order valence-corrected chi connectivity index (χ1v) is 12.9. The Morgan fingerprint density at radius 1 is 1.18 bits per heavy atom. The number of benzene rings is 2. The van der Waals surface area contributed by atoms with Gasteiger partial charge in [0.05, 0.1) is 26.6 Å². The fraction of sp³-hybridized carbons (Fsp3) is 0.321. The maximum Gasteiger partial charge on any atom is 0.246 e. The molecular formula is C28H28Cl2N4O4. The van der Waals surface area contributed by atoms with Gasteiger partial charge in [-0.1, -0.05) is 35.2 Å². The Balaban J connectivity index is 1.38. The predicted molar refractivity (Wildman–Crippen MR) is 147 cm³/mol. The number of amides is 3. The lowest BCUT2D eigenvalue weighted by atomic mass is 10.0. The van der Waals surface area contributed by atoms with Gasteiger partial charge in [0.1, 0.15) is 11.8 Å². The van der Waals surface area contributed by atoms with E-state index in [0.717, 1.165) is 27.8 Å². The lowest BCUT2D eigenvalue weighted by Crippen LogP contribution is -2.61. The number of carbonyl (C=O) groups excluding carboxylic acids is 3. The number of methoxy groups -OCH3 is 1. The summed E-state index contributed by atoms with van der Waals surface area (Å²) in [5.41, 5.74) is 2.82. The highest BCUT2D eigenvalue weighted by atomic mass is 35.5. The Morgan fingerprint density at radius 2 is 2.00 bits per heavy atom. The highest BCUT2D eigenvalue weighted by Gasteiger charge is 2.39. The van der Waals surface area contributed by atoms with Gasteiger partial charge in [-0.05, 0) is 54.3 Å². The van der Waals surface area contributed by atoms with Crippen molar-refractivity contribution in [3.63, 3.8) is 0 Å². The third-order valence-electron chi connectivity index (χ3n) is 6.62. The molecule has 1 saturated heterocycles. The van der Waals surface area contributed by atoms with Crippen LogP contribution >= 0.6 is 23.2 Å². The number of carbonyl (C=O) groups is 3. The van der Waals surface area contributed by atoms with Crippen LogP contribution in [0.2, 0.25) is 10.0 Å². The summed E-state index contributed by atoms with van der Waals surface area (Å²) in [7, 11) is 1.61. The summed E-state index contributed by atoms with van der Waals surface area (Å²) in [5, 5.41) is 4.90. The molecule has 1 atom stereocenters. The van der Waals surface area contributed by atoms with Gasteiger partial charge in [-0.2, -0.15) is 0 Å². The van der Waals surface area contributed by atoms with Crippen LogP contribution in [0.5, 0.6) is 5.75 Å². The lowest BCUT2D eigenvalue weighted by Gasteiger charge is -2.39. The molecule has 0 bridgehead atoms. The number of halogens is 2. The normalized spacial score (nSPS) is 15.6. The van der Waals surface area contributed by atoms with Gasteiger partial charge in [-0.25, -0.2) is 0 Å². The zero-order valence-corrected chi connectivity index (χ0v) is 22.4. The number of piperazine rings is 1. The van der Waals surface area contributed by atoms with Gasteiger partial charge in [-0.3, -0.25) is 14.4 Å². The van der Waals surface area contributed by atoms with E-state index in [9.17, 15) is 14.4 Å². The van der Waals surface area contributed by atoms with Crippen molar-refractivity contribution in [1.82, 2.24) is 20.1 Å². The average Bonchev–Trinajstić information content (AvgIpc) is 3.30. The minimum atomic E-state index is -0.967. The van der Waals surface area contributed by atoms with Crippen LogP contribution in [0.1, 0.15) is 17.5 Å². The number of hydrogen-bond donors (Lipinski definition) is 2. The molecule has 2 aromatic carbocycles. The van der Waals surface area contributed by atoms with Crippen molar-refractivity contribution in [2.24, 2.45) is 0 Å². The topological polar surface area (TPSA) is 94.7 Å². The van der Waals surface area contributed by atoms with E-state index in [1.807, 2.05) is 24.4 Å². The SMILES string of the molecule is C#CCN1C(=O)CN(CCc2ccc(Cl)cc2Cl)C(=O)C1CC(=O)NCCc1c[nH]c2ccc(OC)cc12. The number of fused-ring (bicyclic) bond motifs is 1. The number of nitrogens with one attached hydrogen (secondary N) is 2. The molecule has 3 aromatic rings. The third kappa shape index (κ3) is 6.24. The monoisotopic (exact) mass is 554 g/mol. The Labute approximate surface area is 231 Å². The molecule has 0 aliphatic carbocycles. The molecule has 1 fully saturated rings. The van der Waals surface area contributed by atoms with Crippen LogP contribution in [-0.4, -0.2) is 71.8 Å². The van der Waals surface area contributed by atoms with E-state index in [-0.39, 0.29) is 43.8 Å². The molecule has 0 radical (unpaired) electrons. The van der Waals surface area contributed by atoms with Crippen LogP contribution in [0.25, 0.3) is 10.9 Å². The number of H-pyrrole nitrogens is 1. The Kier molecular flexibility index (Phi) is 8.82. The molecule has 4 rings (SSSR count). The minimum absolute atomic E-state index is 0.0451. The molecule has 198 valence electrons. The molecule has 0 saturated carbocycles. The summed E-state index contributed by atoms with van der Waals surface area (Å²) in [6.45, 7) is 0.494. The number of nitrogens with zero attached hydrogens (tertiary/aromatic N) is 2. The molecule has 38 heavy (non-hydrogen) atoms. The van der Waals surface area contributed by atoms with E-state index in [1.54, 1.807) is 25.3 Å². The van der Waals surface area contributed by atoms with Crippen molar-refractivity contribution in [2.75, 3.05) is 33.3 Å². The van der Waals surface area contributed by atoms with Crippen LogP contribution in [0.4, 0.5) is 0 Å². The van der Waals surface area contributed by atoms with Crippen molar-refractivity contribution in [2.45, 2.75) is 25.3 Å².